The Morgan fingerprint density at radius 2 is 2.11 bits per heavy atom. The standard InChI is InChI=1S/C14H18BrN3S/c1-3-6-10-12(15)14(16-8-4-2)18-13(17-10)11-7-5-9-19-11/h5,7,9H,3-4,6,8H2,1-2H3,(H,16,17,18). The third-order valence-corrected chi connectivity index (χ3v) is 4.39. The molecule has 19 heavy (non-hydrogen) atoms. The van der Waals surface area contributed by atoms with Crippen molar-refractivity contribution < 1.29 is 0 Å². The summed E-state index contributed by atoms with van der Waals surface area (Å²) in [5.74, 6) is 1.73. The summed E-state index contributed by atoms with van der Waals surface area (Å²) >= 11 is 5.30. The van der Waals surface area contributed by atoms with Gasteiger partial charge in [-0.15, -0.1) is 11.3 Å². The molecule has 0 aliphatic heterocycles. The molecule has 0 atom stereocenters. The van der Waals surface area contributed by atoms with E-state index >= 15 is 0 Å². The van der Waals surface area contributed by atoms with Crippen molar-refractivity contribution in [2.45, 2.75) is 33.1 Å². The monoisotopic (exact) mass is 339 g/mol. The second-order valence-corrected chi connectivity index (χ2v) is 6.05. The van der Waals surface area contributed by atoms with Gasteiger partial charge in [0.1, 0.15) is 5.82 Å². The second kappa shape index (κ2) is 7.01. The third-order valence-electron chi connectivity index (χ3n) is 2.69. The lowest BCUT2D eigenvalue weighted by Crippen LogP contribution is -2.07. The molecule has 0 spiro atoms. The number of nitrogens with zero attached hydrogens (tertiary/aromatic N) is 2. The molecule has 2 aromatic heterocycles. The molecule has 0 unspecified atom stereocenters. The Labute approximate surface area is 126 Å². The predicted molar refractivity (Wildman–Crippen MR) is 85.8 cm³/mol. The Morgan fingerprint density at radius 3 is 2.74 bits per heavy atom. The van der Waals surface area contributed by atoms with Crippen LogP contribution in [0.4, 0.5) is 5.82 Å². The second-order valence-electron chi connectivity index (χ2n) is 4.31. The van der Waals surface area contributed by atoms with Crippen LogP contribution in [0.5, 0.6) is 0 Å². The topological polar surface area (TPSA) is 37.8 Å². The summed E-state index contributed by atoms with van der Waals surface area (Å²) in [6, 6.07) is 4.09. The van der Waals surface area contributed by atoms with Crippen molar-refractivity contribution in [1.29, 1.82) is 0 Å². The fourth-order valence-electron chi connectivity index (χ4n) is 1.77. The minimum absolute atomic E-state index is 0.820. The van der Waals surface area contributed by atoms with Gasteiger partial charge in [0.2, 0.25) is 0 Å². The van der Waals surface area contributed by atoms with Crippen molar-refractivity contribution in [1.82, 2.24) is 9.97 Å². The van der Waals surface area contributed by atoms with Gasteiger partial charge in [-0.25, -0.2) is 9.97 Å². The molecule has 0 saturated carbocycles. The minimum Gasteiger partial charge on any atom is -0.369 e. The summed E-state index contributed by atoms with van der Waals surface area (Å²) in [6.07, 6.45) is 3.11. The van der Waals surface area contributed by atoms with Crippen molar-refractivity contribution >= 4 is 33.1 Å². The Balaban J connectivity index is 2.41. The third kappa shape index (κ3) is 3.54. The van der Waals surface area contributed by atoms with E-state index in [1.165, 1.54) is 0 Å². The minimum atomic E-state index is 0.820. The van der Waals surface area contributed by atoms with Gasteiger partial charge in [0.15, 0.2) is 5.82 Å². The van der Waals surface area contributed by atoms with Crippen LogP contribution in [0, 0.1) is 0 Å². The molecule has 5 heteroatoms. The maximum atomic E-state index is 4.69. The molecule has 0 saturated heterocycles. The van der Waals surface area contributed by atoms with Gasteiger partial charge in [-0.1, -0.05) is 26.3 Å². The van der Waals surface area contributed by atoms with Gasteiger partial charge in [-0.3, -0.25) is 0 Å². The number of aromatic nitrogens is 2. The molecule has 3 nitrogen and oxygen atoms in total. The highest BCUT2D eigenvalue weighted by atomic mass is 79.9. The molecule has 0 aromatic carbocycles. The van der Waals surface area contributed by atoms with Crippen LogP contribution in [0.15, 0.2) is 22.0 Å². The van der Waals surface area contributed by atoms with Crippen molar-refractivity contribution in [2.24, 2.45) is 0 Å². The maximum absolute atomic E-state index is 4.69. The predicted octanol–water partition coefficient (Wildman–Crippen LogP) is 4.74. The molecule has 2 rings (SSSR count). The molecule has 0 amide bonds. The number of hydrogen-bond acceptors (Lipinski definition) is 4. The zero-order chi connectivity index (χ0) is 13.7. The maximum Gasteiger partial charge on any atom is 0.171 e. The SMILES string of the molecule is CCCNc1nc(-c2cccs2)nc(CCC)c1Br. The van der Waals surface area contributed by atoms with Gasteiger partial charge in [0.25, 0.3) is 0 Å². The van der Waals surface area contributed by atoms with Crippen LogP contribution in [0.1, 0.15) is 32.4 Å². The fourth-order valence-corrected chi connectivity index (χ4v) is 2.95. The first kappa shape index (κ1) is 14.5. The van der Waals surface area contributed by atoms with Gasteiger partial charge in [-0.2, -0.15) is 0 Å². The van der Waals surface area contributed by atoms with Crippen LogP contribution in [-0.2, 0) is 6.42 Å². The molecule has 2 aromatic rings. The van der Waals surface area contributed by atoms with Gasteiger partial charge in [0.05, 0.1) is 15.0 Å². The van der Waals surface area contributed by atoms with Crippen LogP contribution in [0.25, 0.3) is 10.7 Å². The quantitative estimate of drug-likeness (QED) is 0.825. The zero-order valence-corrected chi connectivity index (χ0v) is 13.6. The van der Waals surface area contributed by atoms with Crippen molar-refractivity contribution in [3.05, 3.63) is 27.7 Å². The van der Waals surface area contributed by atoms with Crippen molar-refractivity contribution in [3.8, 4) is 10.7 Å². The summed E-state index contributed by atoms with van der Waals surface area (Å²) in [4.78, 5) is 10.4. The average molecular weight is 340 g/mol. The lowest BCUT2D eigenvalue weighted by atomic mass is 10.2. The van der Waals surface area contributed by atoms with Crippen LogP contribution in [0.3, 0.4) is 0 Å². The summed E-state index contributed by atoms with van der Waals surface area (Å²) in [7, 11) is 0. The van der Waals surface area contributed by atoms with Gasteiger partial charge >= 0.3 is 0 Å². The number of halogens is 1. The first-order chi connectivity index (χ1) is 9.26. The van der Waals surface area contributed by atoms with E-state index in [0.29, 0.717) is 0 Å². The van der Waals surface area contributed by atoms with E-state index in [4.69, 9.17) is 0 Å². The molecule has 0 aliphatic rings. The average Bonchev–Trinajstić information content (AvgIpc) is 2.94. The van der Waals surface area contributed by atoms with Crippen molar-refractivity contribution in [2.75, 3.05) is 11.9 Å². The first-order valence-electron chi connectivity index (χ1n) is 6.60. The molecule has 0 fully saturated rings. The van der Waals surface area contributed by atoms with Gasteiger partial charge in [0, 0.05) is 6.54 Å². The van der Waals surface area contributed by atoms with E-state index in [1.54, 1.807) is 11.3 Å². The first-order valence-corrected chi connectivity index (χ1v) is 8.27. The van der Waals surface area contributed by atoms with Crippen LogP contribution < -0.4 is 5.32 Å². The molecular formula is C14H18BrN3S. The Bertz CT molecular complexity index is 526. The van der Waals surface area contributed by atoms with E-state index in [2.05, 4.69) is 56.5 Å². The Morgan fingerprint density at radius 1 is 1.26 bits per heavy atom. The number of nitrogens with one attached hydrogen (secondary N) is 1. The number of anilines is 1. The van der Waals surface area contributed by atoms with Crippen LogP contribution >= 0.6 is 27.3 Å². The highest BCUT2D eigenvalue weighted by Crippen LogP contribution is 2.29. The van der Waals surface area contributed by atoms with Crippen molar-refractivity contribution in [3.63, 3.8) is 0 Å². The number of aryl methyl sites for hydroxylation is 1. The van der Waals surface area contributed by atoms with E-state index in [1.807, 2.05) is 6.07 Å². The normalized spacial score (nSPS) is 10.7. The molecular weight excluding hydrogens is 322 g/mol. The molecule has 2 heterocycles. The Hall–Kier alpha value is -0.940. The highest BCUT2D eigenvalue weighted by molar-refractivity contribution is 9.10. The summed E-state index contributed by atoms with van der Waals surface area (Å²) in [5, 5.41) is 5.43. The summed E-state index contributed by atoms with van der Waals surface area (Å²) in [5.41, 5.74) is 1.08. The van der Waals surface area contributed by atoms with Gasteiger partial charge in [-0.05, 0) is 40.2 Å². The smallest absolute Gasteiger partial charge is 0.171 e. The van der Waals surface area contributed by atoms with Crippen LogP contribution in [0.2, 0.25) is 0 Å². The largest absolute Gasteiger partial charge is 0.369 e. The molecule has 102 valence electrons. The summed E-state index contributed by atoms with van der Waals surface area (Å²) < 4.78 is 1.00. The number of rotatable bonds is 6. The zero-order valence-electron chi connectivity index (χ0n) is 11.2. The van der Waals surface area contributed by atoms with E-state index in [9.17, 15) is 0 Å². The molecule has 0 bridgehead atoms. The lowest BCUT2D eigenvalue weighted by Gasteiger charge is -2.11. The molecule has 0 aliphatic carbocycles. The number of hydrogen-bond donors (Lipinski definition) is 1. The highest BCUT2D eigenvalue weighted by Gasteiger charge is 2.13. The fraction of sp³-hybridized carbons (Fsp3) is 0.429. The molecule has 0 radical (unpaired) electrons. The number of thiophene rings is 1. The molecule has 1 N–H and O–H groups in total. The van der Waals surface area contributed by atoms with E-state index in [0.717, 1.165) is 52.5 Å². The van der Waals surface area contributed by atoms with E-state index < -0.39 is 0 Å². The van der Waals surface area contributed by atoms with Crippen LogP contribution in [-0.4, -0.2) is 16.5 Å². The van der Waals surface area contributed by atoms with Gasteiger partial charge < -0.3 is 5.32 Å². The van der Waals surface area contributed by atoms with E-state index in [-0.39, 0.29) is 0 Å². The summed E-state index contributed by atoms with van der Waals surface area (Å²) in [6.45, 7) is 5.23. The Kier molecular flexibility index (Phi) is 5.34. The lowest BCUT2D eigenvalue weighted by molar-refractivity contribution is 0.865.